The molecule has 1 aromatic rings. The standard InChI is InChI=1S/C12H14F3N3O/c1-2-12(14,15)8-5-7(13)11-16-10(17-18(8)11)9(19)6-3-4-6/h6-8H,2-5H2,1H3/t7-,8-/m0/s1. The first kappa shape index (κ1) is 12.6. The molecule has 1 fully saturated rings. The number of rotatable bonds is 4. The van der Waals surface area contributed by atoms with Crippen LogP contribution in [0.4, 0.5) is 13.2 Å². The van der Waals surface area contributed by atoms with E-state index in [2.05, 4.69) is 10.1 Å². The average molecular weight is 273 g/mol. The van der Waals surface area contributed by atoms with Gasteiger partial charge < -0.3 is 0 Å². The normalized spacial score (nSPS) is 26.5. The maximum atomic E-state index is 13.8. The number of halogens is 3. The summed E-state index contributed by atoms with van der Waals surface area (Å²) in [5.41, 5.74) is 0. The van der Waals surface area contributed by atoms with E-state index in [0.717, 1.165) is 17.5 Å². The Balaban J connectivity index is 1.95. The van der Waals surface area contributed by atoms with E-state index in [0.29, 0.717) is 0 Å². The van der Waals surface area contributed by atoms with Crippen LogP contribution in [0.25, 0.3) is 0 Å². The van der Waals surface area contributed by atoms with Gasteiger partial charge in [-0.2, -0.15) is 0 Å². The maximum Gasteiger partial charge on any atom is 0.270 e. The summed E-state index contributed by atoms with van der Waals surface area (Å²) in [6, 6.07) is -1.34. The lowest BCUT2D eigenvalue weighted by Gasteiger charge is -2.21. The number of aromatic nitrogens is 3. The van der Waals surface area contributed by atoms with E-state index in [1.54, 1.807) is 0 Å². The Hall–Kier alpha value is -1.40. The molecule has 2 atom stereocenters. The van der Waals surface area contributed by atoms with Crippen LogP contribution in [0.3, 0.4) is 0 Å². The van der Waals surface area contributed by atoms with Crippen molar-refractivity contribution in [3.8, 4) is 0 Å². The molecule has 1 aliphatic carbocycles. The molecule has 0 bridgehead atoms. The highest BCUT2D eigenvalue weighted by Crippen LogP contribution is 2.45. The Morgan fingerprint density at radius 3 is 2.74 bits per heavy atom. The number of fused-ring (bicyclic) bond motifs is 1. The monoisotopic (exact) mass is 273 g/mol. The summed E-state index contributed by atoms with van der Waals surface area (Å²) in [6.45, 7) is 1.35. The molecule has 7 heteroatoms. The third-order valence-electron chi connectivity index (χ3n) is 3.79. The first-order chi connectivity index (χ1) is 8.94. The quantitative estimate of drug-likeness (QED) is 0.792. The molecule has 2 heterocycles. The maximum absolute atomic E-state index is 13.8. The van der Waals surface area contributed by atoms with Gasteiger partial charge in [-0.05, 0) is 12.8 Å². The molecule has 1 aromatic heterocycles. The first-order valence-electron chi connectivity index (χ1n) is 6.46. The van der Waals surface area contributed by atoms with Crippen molar-refractivity contribution >= 4 is 5.78 Å². The van der Waals surface area contributed by atoms with Crippen LogP contribution in [-0.2, 0) is 0 Å². The molecule has 3 rings (SSSR count). The largest absolute Gasteiger partial charge is 0.290 e. The van der Waals surface area contributed by atoms with Gasteiger partial charge in [-0.3, -0.25) is 4.79 Å². The predicted molar refractivity (Wildman–Crippen MR) is 59.8 cm³/mol. The molecule has 1 aliphatic heterocycles. The van der Waals surface area contributed by atoms with Gasteiger partial charge in [0.15, 0.2) is 12.0 Å². The predicted octanol–water partition coefficient (Wildman–Crippen LogP) is 2.87. The zero-order chi connectivity index (χ0) is 13.8. The molecule has 0 amide bonds. The number of Topliss-reactive ketones (excluding diaryl/α,β-unsaturated/α-hetero) is 1. The minimum absolute atomic E-state index is 0.105. The molecule has 1 saturated carbocycles. The molecule has 104 valence electrons. The van der Waals surface area contributed by atoms with E-state index in [9.17, 15) is 18.0 Å². The lowest BCUT2D eigenvalue weighted by atomic mass is 10.1. The fourth-order valence-electron chi connectivity index (χ4n) is 2.40. The number of carbonyl (C=O) groups is 1. The summed E-state index contributed by atoms with van der Waals surface area (Å²) in [5.74, 6) is -3.65. The Labute approximate surface area is 108 Å². The Morgan fingerprint density at radius 2 is 2.16 bits per heavy atom. The summed E-state index contributed by atoms with van der Waals surface area (Å²) < 4.78 is 42.2. The van der Waals surface area contributed by atoms with Crippen LogP contribution in [0.1, 0.15) is 61.3 Å². The minimum atomic E-state index is -3.04. The highest BCUT2D eigenvalue weighted by molar-refractivity contribution is 5.95. The van der Waals surface area contributed by atoms with Gasteiger partial charge in [-0.15, -0.1) is 5.10 Å². The van der Waals surface area contributed by atoms with Crippen molar-refractivity contribution in [2.75, 3.05) is 0 Å². The number of hydrogen-bond donors (Lipinski definition) is 0. The topological polar surface area (TPSA) is 47.8 Å². The van der Waals surface area contributed by atoms with Crippen molar-refractivity contribution in [3.05, 3.63) is 11.6 Å². The van der Waals surface area contributed by atoms with Crippen molar-refractivity contribution < 1.29 is 18.0 Å². The molecule has 0 aromatic carbocycles. The van der Waals surface area contributed by atoms with Crippen LogP contribution in [0.5, 0.6) is 0 Å². The molecule has 19 heavy (non-hydrogen) atoms. The van der Waals surface area contributed by atoms with Gasteiger partial charge in [-0.25, -0.2) is 22.8 Å². The van der Waals surface area contributed by atoms with Crippen LogP contribution in [0.15, 0.2) is 0 Å². The van der Waals surface area contributed by atoms with Crippen LogP contribution in [0.2, 0.25) is 0 Å². The van der Waals surface area contributed by atoms with E-state index in [1.807, 2.05) is 0 Å². The van der Waals surface area contributed by atoms with Crippen molar-refractivity contribution in [1.29, 1.82) is 0 Å². The molecule has 2 aliphatic rings. The van der Waals surface area contributed by atoms with Gasteiger partial charge in [0, 0.05) is 18.8 Å². The van der Waals surface area contributed by atoms with E-state index < -0.39 is 24.6 Å². The van der Waals surface area contributed by atoms with Crippen molar-refractivity contribution in [1.82, 2.24) is 14.8 Å². The summed E-state index contributed by atoms with van der Waals surface area (Å²) in [4.78, 5) is 15.6. The van der Waals surface area contributed by atoms with E-state index in [-0.39, 0.29) is 29.8 Å². The number of nitrogens with zero attached hydrogens (tertiary/aromatic N) is 3. The Kier molecular flexibility index (Phi) is 2.69. The van der Waals surface area contributed by atoms with Crippen LogP contribution < -0.4 is 0 Å². The number of carbonyl (C=O) groups excluding carboxylic acids is 1. The summed E-state index contributed by atoms with van der Waals surface area (Å²) in [6.07, 6.45) is -0.744. The third kappa shape index (κ3) is 1.95. The van der Waals surface area contributed by atoms with Crippen LogP contribution in [-0.4, -0.2) is 26.5 Å². The molecule has 0 spiro atoms. The second-order valence-corrected chi connectivity index (χ2v) is 5.21. The number of hydrogen-bond acceptors (Lipinski definition) is 3. The smallest absolute Gasteiger partial charge is 0.270 e. The zero-order valence-electron chi connectivity index (χ0n) is 10.4. The molecule has 0 saturated heterocycles. The fraction of sp³-hybridized carbons (Fsp3) is 0.750. The first-order valence-corrected chi connectivity index (χ1v) is 6.46. The summed E-state index contributed by atoms with van der Waals surface area (Å²) in [5, 5.41) is 3.83. The number of ketones is 1. The van der Waals surface area contributed by atoms with Gasteiger partial charge in [0.2, 0.25) is 11.6 Å². The lowest BCUT2D eigenvalue weighted by molar-refractivity contribution is -0.0584. The molecule has 0 N–H and O–H groups in total. The highest BCUT2D eigenvalue weighted by Gasteiger charge is 2.49. The zero-order valence-corrected chi connectivity index (χ0v) is 10.4. The van der Waals surface area contributed by atoms with Gasteiger partial charge in [0.25, 0.3) is 5.92 Å². The lowest BCUT2D eigenvalue weighted by Crippen LogP contribution is -2.29. The molecule has 0 radical (unpaired) electrons. The third-order valence-corrected chi connectivity index (χ3v) is 3.79. The van der Waals surface area contributed by atoms with Gasteiger partial charge >= 0.3 is 0 Å². The fourth-order valence-corrected chi connectivity index (χ4v) is 2.40. The van der Waals surface area contributed by atoms with Gasteiger partial charge in [0.1, 0.15) is 6.04 Å². The molecular weight excluding hydrogens is 259 g/mol. The van der Waals surface area contributed by atoms with Crippen molar-refractivity contribution in [2.45, 2.75) is 50.7 Å². The summed E-state index contributed by atoms with van der Waals surface area (Å²) >= 11 is 0. The van der Waals surface area contributed by atoms with Gasteiger partial charge in [-0.1, -0.05) is 6.92 Å². The molecule has 0 unspecified atom stereocenters. The van der Waals surface area contributed by atoms with E-state index in [1.165, 1.54) is 6.92 Å². The van der Waals surface area contributed by atoms with E-state index in [4.69, 9.17) is 0 Å². The van der Waals surface area contributed by atoms with Gasteiger partial charge in [0.05, 0.1) is 0 Å². The van der Waals surface area contributed by atoms with Crippen molar-refractivity contribution in [3.63, 3.8) is 0 Å². The SMILES string of the molecule is CCC(F)(F)[C@@H]1C[C@H](F)c2nc(C(=O)C3CC3)nn21. The van der Waals surface area contributed by atoms with Crippen molar-refractivity contribution in [2.24, 2.45) is 5.92 Å². The highest BCUT2D eigenvalue weighted by atomic mass is 19.3. The van der Waals surface area contributed by atoms with Crippen LogP contribution >= 0.6 is 0 Å². The average Bonchev–Trinajstić information content (AvgIpc) is 3.05. The summed E-state index contributed by atoms with van der Waals surface area (Å²) in [7, 11) is 0. The Bertz CT molecular complexity index is 524. The molecule has 4 nitrogen and oxygen atoms in total. The molecular formula is C12H14F3N3O. The minimum Gasteiger partial charge on any atom is -0.290 e. The second-order valence-electron chi connectivity index (χ2n) is 5.21. The van der Waals surface area contributed by atoms with E-state index >= 15 is 0 Å². The van der Waals surface area contributed by atoms with Crippen LogP contribution in [0, 0.1) is 5.92 Å². The second kappa shape index (κ2) is 4.05. The Morgan fingerprint density at radius 1 is 1.47 bits per heavy atom. The number of alkyl halides is 3.